The summed E-state index contributed by atoms with van der Waals surface area (Å²) in [6.45, 7) is 4.54. The maximum atomic E-state index is 9.19. The molecule has 5 heteroatoms. The highest BCUT2D eigenvalue weighted by Crippen LogP contribution is 2.32. The zero-order valence-electron chi connectivity index (χ0n) is 11.7. The molecule has 1 rings (SSSR count). The van der Waals surface area contributed by atoms with Crippen molar-refractivity contribution < 1.29 is 9.84 Å². The molecule has 0 saturated carbocycles. The summed E-state index contributed by atoms with van der Waals surface area (Å²) in [6, 6.07) is 5.56. The third-order valence-electron chi connectivity index (χ3n) is 3.42. The monoisotopic (exact) mass is 286 g/mol. The summed E-state index contributed by atoms with van der Waals surface area (Å²) in [5.41, 5.74) is 6.71. The van der Waals surface area contributed by atoms with E-state index in [1.165, 1.54) is 0 Å². The van der Waals surface area contributed by atoms with Gasteiger partial charge in [0.2, 0.25) is 0 Å². The van der Waals surface area contributed by atoms with Gasteiger partial charge in [-0.15, -0.1) is 0 Å². The normalized spacial score (nSPS) is 15.9. The second-order valence-corrected chi connectivity index (χ2v) is 5.17. The molecule has 0 aliphatic carbocycles. The van der Waals surface area contributed by atoms with E-state index in [2.05, 4.69) is 5.32 Å². The molecule has 4 nitrogen and oxygen atoms in total. The summed E-state index contributed by atoms with van der Waals surface area (Å²) >= 11 is 6.25. The Labute approximate surface area is 119 Å². The summed E-state index contributed by atoms with van der Waals surface area (Å²) in [6.07, 6.45) is 0. The van der Waals surface area contributed by atoms with Gasteiger partial charge < -0.3 is 20.9 Å². The molecule has 0 aliphatic heterocycles. The Kier molecular flexibility index (Phi) is 6.58. The predicted molar refractivity (Wildman–Crippen MR) is 78.6 cm³/mol. The fourth-order valence-electron chi connectivity index (χ4n) is 1.94. The first-order chi connectivity index (χ1) is 9.04. The SMILES string of the molecule is COc1cccc(Cl)c1C(CN)NC(C)C(C)CO. The zero-order chi connectivity index (χ0) is 14.4. The van der Waals surface area contributed by atoms with E-state index in [0.717, 1.165) is 11.3 Å². The van der Waals surface area contributed by atoms with Gasteiger partial charge in [0.1, 0.15) is 5.75 Å². The average Bonchev–Trinajstić information content (AvgIpc) is 2.43. The van der Waals surface area contributed by atoms with Crippen LogP contribution in [-0.2, 0) is 0 Å². The van der Waals surface area contributed by atoms with Crippen LogP contribution in [0.25, 0.3) is 0 Å². The van der Waals surface area contributed by atoms with Gasteiger partial charge >= 0.3 is 0 Å². The molecule has 1 aromatic rings. The Morgan fingerprint density at radius 2 is 2.11 bits per heavy atom. The van der Waals surface area contributed by atoms with Crippen LogP contribution in [-0.4, -0.2) is 31.4 Å². The smallest absolute Gasteiger partial charge is 0.125 e. The van der Waals surface area contributed by atoms with Crippen molar-refractivity contribution in [3.8, 4) is 5.75 Å². The molecule has 0 heterocycles. The average molecular weight is 287 g/mol. The van der Waals surface area contributed by atoms with E-state index in [0.29, 0.717) is 11.6 Å². The Hall–Kier alpha value is -0.810. The van der Waals surface area contributed by atoms with Crippen LogP contribution in [0.2, 0.25) is 5.02 Å². The van der Waals surface area contributed by atoms with Gasteiger partial charge in [0.05, 0.1) is 7.11 Å². The van der Waals surface area contributed by atoms with E-state index in [-0.39, 0.29) is 24.6 Å². The fourth-order valence-corrected chi connectivity index (χ4v) is 2.24. The first-order valence-electron chi connectivity index (χ1n) is 6.44. The van der Waals surface area contributed by atoms with Gasteiger partial charge in [0, 0.05) is 35.8 Å². The van der Waals surface area contributed by atoms with E-state index in [4.69, 9.17) is 22.1 Å². The zero-order valence-corrected chi connectivity index (χ0v) is 12.4. The molecule has 1 aromatic carbocycles. The number of aliphatic hydroxyl groups is 1. The first-order valence-corrected chi connectivity index (χ1v) is 6.82. The second kappa shape index (κ2) is 7.70. The molecule has 3 atom stereocenters. The highest BCUT2D eigenvalue weighted by Gasteiger charge is 2.21. The van der Waals surface area contributed by atoms with Crippen molar-refractivity contribution in [2.24, 2.45) is 11.7 Å². The molecular weight excluding hydrogens is 264 g/mol. The third-order valence-corrected chi connectivity index (χ3v) is 3.75. The van der Waals surface area contributed by atoms with Crippen LogP contribution in [0.4, 0.5) is 0 Å². The minimum atomic E-state index is -0.104. The maximum absolute atomic E-state index is 9.19. The van der Waals surface area contributed by atoms with E-state index >= 15 is 0 Å². The molecule has 4 N–H and O–H groups in total. The second-order valence-electron chi connectivity index (χ2n) is 4.76. The molecule has 0 bridgehead atoms. The minimum absolute atomic E-state index is 0.104. The summed E-state index contributed by atoms with van der Waals surface area (Å²) < 4.78 is 5.35. The summed E-state index contributed by atoms with van der Waals surface area (Å²) in [5, 5.41) is 13.2. The molecule has 0 aliphatic rings. The van der Waals surface area contributed by atoms with Crippen LogP contribution in [0.15, 0.2) is 18.2 Å². The third kappa shape index (κ3) is 4.08. The number of benzene rings is 1. The van der Waals surface area contributed by atoms with Crippen molar-refractivity contribution in [3.63, 3.8) is 0 Å². The van der Waals surface area contributed by atoms with Crippen molar-refractivity contribution >= 4 is 11.6 Å². The van der Waals surface area contributed by atoms with Crippen LogP contribution in [0.1, 0.15) is 25.5 Å². The predicted octanol–water partition coefficient (Wildman–Crippen LogP) is 1.95. The maximum Gasteiger partial charge on any atom is 0.125 e. The minimum Gasteiger partial charge on any atom is -0.496 e. The Balaban J connectivity index is 2.97. The Morgan fingerprint density at radius 3 is 2.63 bits per heavy atom. The Bertz CT molecular complexity index is 401. The number of hydrogen-bond acceptors (Lipinski definition) is 4. The van der Waals surface area contributed by atoms with Crippen molar-refractivity contribution in [2.75, 3.05) is 20.3 Å². The molecule has 0 radical (unpaired) electrons. The lowest BCUT2D eigenvalue weighted by molar-refractivity contribution is 0.201. The van der Waals surface area contributed by atoms with Crippen molar-refractivity contribution in [2.45, 2.75) is 25.9 Å². The number of nitrogens with one attached hydrogen (secondary N) is 1. The molecule has 0 fully saturated rings. The number of halogens is 1. The largest absolute Gasteiger partial charge is 0.496 e. The van der Waals surface area contributed by atoms with E-state index in [9.17, 15) is 5.11 Å². The fraction of sp³-hybridized carbons (Fsp3) is 0.571. The highest BCUT2D eigenvalue weighted by molar-refractivity contribution is 6.31. The molecule has 19 heavy (non-hydrogen) atoms. The number of aliphatic hydroxyl groups excluding tert-OH is 1. The van der Waals surface area contributed by atoms with Crippen molar-refractivity contribution in [3.05, 3.63) is 28.8 Å². The van der Waals surface area contributed by atoms with Gasteiger partial charge in [0.25, 0.3) is 0 Å². The van der Waals surface area contributed by atoms with Gasteiger partial charge in [-0.1, -0.05) is 24.6 Å². The lowest BCUT2D eigenvalue weighted by Gasteiger charge is -2.27. The van der Waals surface area contributed by atoms with Crippen LogP contribution in [0.5, 0.6) is 5.75 Å². The number of ether oxygens (including phenoxy) is 1. The number of hydrogen-bond donors (Lipinski definition) is 3. The number of methoxy groups -OCH3 is 1. The van der Waals surface area contributed by atoms with Gasteiger partial charge in [-0.2, -0.15) is 0 Å². The molecule has 3 unspecified atom stereocenters. The van der Waals surface area contributed by atoms with Gasteiger partial charge in [-0.25, -0.2) is 0 Å². The van der Waals surface area contributed by atoms with Crippen LogP contribution >= 0.6 is 11.6 Å². The van der Waals surface area contributed by atoms with E-state index < -0.39 is 0 Å². The molecule has 0 saturated heterocycles. The van der Waals surface area contributed by atoms with Crippen LogP contribution in [0.3, 0.4) is 0 Å². The first kappa shape index (κ1) is 16.2. The molecule has 0 amide bonds. The van der Waals surface area contributed by atoms with Gasteiger partial charge in [0.15, 0.2) is 0 Å². The van der Waals surface area contributed by atoms with E-state index in [1.54, 1.807) is 7.11 Å². The lowest BCUT2D eigenvalue weighted by Crippen LogP contribution is -2.40. The van der Waals surface area contributed by atoms with Gasteiger partial charge in [-0.3, -0.25) is 0 Å². The molecule has 0 spiro atoms. The van der Waals surface area contributed by atoms with Crippen molar-refractivity contribution in [1.82, 2.24) is 5.32 Å². The lowest BCUT2D eigenvalue weighted by atomic mass is 10.00. The van der Waals surface area contributed by atoms with Crippen molar-refractivity contribution in [1.29, 1.82) is 0 Å². The number of rotatable bonds is 7. The van der Waals surface area contributed by atoms with Crippen LogP contribution in [0, 0.1) is 5.92 Å². The summed E-state index contributed by atoms with van der Waals surface area (Å²) in [7, 11) is 1.61. The van der Waals surface area contributed by atoms with Gasteiger partial charge in [-0.05, 0) is 25.0 Å². The standard InChI is InChI=1S/C14H23ClN2O2/c1-9(8-18)10(2)17-12(7-16)14-11(15)5-4-6-13(14)19-3/h4-6,9-10,12,17-18H,7-8,16H2,1-3H3. The molecular formula is C14H23ClN2O2. The van der Waals surface area contributed by atoms with Crippen LogP contribution < -0.4 is 15.8 Å². The van der Waals surface area contributed by atoms with E-state index in [1.807, 2.05) is 32.0 Å². The molecule has 0 aromatic heterocycles. The topological polar surface area (TPSA) is 67.5 Å². The highest BCUT2D eigenvalue weighted by atomic mass is 35.5. The Morgan fingerprint density at radius 1 is 1.42 bits per heavy atom. The summed E-state index contributed by atoms with van der Waals surface area (Å²) in [5.74, 6) is 0.863. The number of nitrogens with two attached hydrogens (primary N) is 1. The quantitative estimate of drug-likeness (QED) is 0.717. The summed E-state index contributed by atoms with van der Waals surface area (Å²) in [4.78, 5) is 0. The molecule has 108 valence electrons.